The summed E-state index contributed by atoms with van der Waals surface area (Å²) in [5.41, 5.74) is 2.21. The molecule has 6 rings (SSSR count). The maximum Gasteiger partial charge on any atom is 0.387 e. The number of carbonyl (C=O) groups is 1. The number of hydrogen-bond acceptors (Lipinski definition) is 9. The van der Waals surface area contributed by atoms with Crippen LogP contribution in [-0.4, -0.2) is 63.6 Å². The van der Waals surface area contributed by atoms with Gasteiger partial charge in [0.1, 0.15) is 10.8 Å². The first-order valence-electron chi connectivity index (χ1n) is 12.5. The lowest BCUT2D eigenvalue weighted by Crippen LogP contribution is -2.49. The van der Waals surface area contributed by atoms with Crippen molar-refractivity contribution >= 4 is 27.8 Å². The van der Waals surface area contributed by atoms with E-state index >= 15 is 0 Å². The average Bonchev–Trinajstić information content (AvgIpc) is 3.35. The number of alkyl halides is 2. The summed E-state index contributed by atoms with van der Waals surface area (Å²) in [6, 6.07) is 1.49. The van der Waals surface area contributed by atoms with Crippen molar-refractivity contribution in [3.63, 3.8) is 0 Å². The molecule has 1 saturated carbocycles. The molecule has 2 atom stereocenters. The molecular weight excluding hydrogens is 538 g/mol. The van der Waals surface area contributed by atoms with E-state index in [-0.39, 0.29) is 29.1 Å². The number of nitrogens with zero attached hydrogens (tertiary/aromatic N) is 5. The lowest BCUT2D eigenvalue weighted by atomic mass is 9.84. The van der Waals surface area contributed by atoms with Crippen LogP contribution in [-0.2, 0) is 17.6 Å². The number of nitrogens with one attached hydrogen (secondary N) is 1. The molecule has 14 heteroatoms. The van der Waals surface area contributed by atoms with Gasteiger partial charge >= 0.3 is 6.61 Å². The fourth-order valence-electron chi connectivity index (χ4n) is 5.29. The highest BCUT2D eigenvalue weighted by atomic mass is 32.3. The lowest BCUT2D eigenvalue weighted by Gasteiger charge is -2.32. The summed E-state index contributed by atoms with van der Waals surface area (Å²) in [6.45, 7) is -1.12. The van der Waals surface area contributed by atoms with E-state index in [2.05, 4.69) is 25.2 Å². The second-order valence-corrected chi connectivity index (χ2v) is 13.8. The van der Waals surface area contributed by atoms with Crippen LogP contribution in [0, 0.1) is 5.92 Å². The quantitative estimate of drug-likeness (QED) is 0.383. The first-order chi connectivity index (χ1) is 18.1. The van der Waals surface area contributed by atoms with Crippen molar-refractivity contribution in [3.8, 4) is 22.1 Å². The van der Waals surface area contributed by atoms with E-state index in [0.29, 0.717) is 48.0 Å². The predicted molar refractivity (Wildman–Crippen MR) is 138 cm³/mol. The van der Waals surface area contributed by atoms with Crippen molar-refractivity contribution in [2.24, 2.45) is 5.92 Å². The van der Waals surface area contributed by atoms with Gasteiger partial charge in [-0.25, -0.2) is 4.68 Å². The molecule has 3 aromatic heterocycles. The Morgan fingerprint density at radius 3 is 2.82 bits per heavy atom. The fraction of sp³-hybridized carbons (Fsp3) is 0.542. The number of pyridine rings is 1. The minimum absolute atomic E-state index is 0.0587. The molecule has 2 aliphatic carbocycles. The summed E-state index contributed by atoms with van der Waals surface area (Å²) in [7, 11) is -2.67. The molecule has 3 N–H and O–H groups in total. The molecule has 3 aromatic rings. The van der Waals surface area contributed by atoms with Gasteiger partial charge in [-0.2, -0.15) is 24.5 Å². The molecule has 0 radical (unpaired) electrons. The number of aromatic nitrogens is 5. The van der Waals surface area contributed by atoms with Crippen LogP contribution in [0.1, 0.15) is 54.8 Å². The van der Waals surface area contributed by atoms with Gasteiger partial charge in [0.15, 0.2) is 0 Å². The number of halogens is 2. The predicted octanol–water partition coefficient (Wildman–Crippen LogP) is 4.40. The number of hydrogen-bond donors (Lipinski definition) is 3. The molecule has 2 fully saturated rings. The zero-order valence-electron chi connectivity index (χ0n) is 20.6. The maximum absolute atomic E-state index is 13.3. The molecule has 1 saturated heterocycles. The Labute approximate surface area is 223 Å². The second-order valence-electron chi connectivity index (χ2n) is 10.6. The Morgan fingerprint density at radius 1 is 1.29 bits per heavy atom. The molecule has 1 aliphatic heterocycles. The summed E-state index contributed by atoms with van der Waals surface area (Å²) in [5, 5.41) is 18.2. The van der Waals surface area contributed by atoms with E-state index in [0.717, 1.165) is 29.1 Å². The first kappa shape index (κ1) is 25.6. The molecule has 204 valence electrons. The van der Waals surface area contributed by atoms with Crippen LogP contribution in [0.15, 0.2) is 18.5 Å². The van der Waals surface area contributed by atoms with E-state index in [1.807, 2.05) is 6.92 Å². The SMILES string of the molecule is CC1(NC(=O)C2CCc3c(-c4cncc(OC(F)F)c4)nn(-c4nnc(C5CC5)s4)c3C2)CCS(O)(O)C1. The minimum atomic E-state index is -2.97. The van der Waals surface area contributed by atoms with Crippen LogP contribution in [0.3, 0.4) is 0 Å². The van der Waals surface area contributed by atoms with Crippen LogP contribution in [0.5, 0.6) is 5.75 Å². The second kappa shape index (κ2) is 9.50. The molecule has 1 amide bonds. The molecular formula is C24H28F2N6O4S2. The number of ether oxygens (including phenoxy) is 1. The topological polar surface area (TPSA) is 135 Å². The van der Waals surface area contributed by atoms with Gasteiger partial charge in [-0.1, -0.05) is 11.3 Å². The highest BCUT2D eigenvalue weighted by molar-refractivity contribution is 8.24. The number of carbonyl (C=O) groups excluding carboxylic acids is 1. The van der Waals surface area contributed by atoms with Crippen molar-refractivity contribution in [3.05, 3.63) is 34.7 Å². The standard InChI is InChI=1S/C24H28F2N6O4S2/c1-24(6-7-38(34,35)12-24)28-20(33)14-4-5-17-18(9-14)32(23-30-29-21(37-23)13-2-3-13)31-19(17)15-8-16(11-27-10-15)36-22(25)26/h8,10-11,13-14,22,34-35H,2-7,9,12H2,1H3,(H,28,33). The van der Waals surface area contributed by atoms with Crippen LogP contribution in [0.4, 0.5) is 8.78 Å². The van der Waals surface area contributed by atoms with Crippen LogP contribution in [0.2, 0.25) is 0 Å². The van der Waals surface area contributed by atoms with Crippen LogP contribution in [0.25, 0.3) is 16.4 Å². The van der Waals surface area contributed by atoms with Gasteiger partial charge < -0.3 is 10.1 Å². The van der Waals surface area contributed by atoms with E-state index in [1.54, 1.807) is 10.9 Å². The third kappa shape index (κ3) is 5.14. The largest absolute Gasteiger partial charge is 0.433 e. The van der Waals surface area contributed by atoms with Crippen molar-refractivity contribution < 1.29 is 27.4 Å². The molecule has 10 nitrogen and oxygen atoms in total. The number of fused-ring (bicyclic) bond motifs is 1. The summed E-state index contributed by atoms with van der Waals surface area (Å²) >= 11 is 1.47. The van der Waals surface area contributed by atoms with Crippen LogP contribution < -0.4 is 10.1 Å². The molecule has 0 aromatic carbocycles. The molecule has 0 bridgehead atoms. The Hall–Kier alpha value is -2.68. The van der Waals surface area contributed by atoms with Gasteiger partial charge in [0, 0.05) is 41.3 Å². The van der Waals surface area contributed by atoms with Gasteiger partial charge in [0.25, 0.3) is 0 Å². The van der Waals surface area contributed by atoms with Crippen LogP contribution >= 0.6 is 21.9 Å². The summed E-state index contributed by atoms with van der Waals surface area (Å²) in [4.78, 5) is 17.4. The third-order valence-electron chi connectivity index (χ3n) is 7.35. The average molecular weight is 567 g/mol. The summed E-state index contributed by atoms with van der Waals surface area (Å²) in [5.74, 6) is 0.346. The Morgan fingerprint density at radius 2 is 2.11 bits per heavy atom. The van der Waals surface area contributed by atoms with Gasteiger partial charge in [0.2, 0.25) is 11.0 Å². The van der Waals surface area contributed by atoms with E-state index in [9.17, 15) is 22.7 Å². The van der Waals surface area contributed by atoms with E-state index in [4.69, 9.17) is 5.10 Å². The van der Waals surface area contributed by atoms with Crippen molar-refractivity contribution in [1.82, 2.24) is 30.3 Å². The maximum atomic E-state index is 13.3. The zero-order chi connectivity index (χ0) is 26.7. The van der Waals surface area contributed by atoms with Gasteiger partial charge in [0.05, 0.1) is 28.9 Å². The fourth-order valence-corrected chi connectivity index (χ4v) is 8.44. The normalized spacial score (nSPS) is 25.3. The van der Waals surface area contributed by atoms with Gasteiger partial charge in [-0.05, 0) is 45.1 Å². The smallest absolute Gasteiger partial charge is 0.387 e. The summed E-state index contributed by atoms with van der Waals surface area (Å²) < 4.78 is 52.1. The van der Waals surface area contributed by atoms with E-state index in [1.165, 1.54) is 23.6 Å². The molecule has 38 heavy (non-hydrogen) atoms. The lowest BCUT2D eigenvalue weighted by molar-refractivity contribution is -0.126. The Bertz CT molecular complexity index is 1380. The Kier molecular flexibility index (Phi) is 6.40. The molecule has 0 spiro atoms. The number of amides is 1. The summed E-state index contributed by atoms with van der Waals surface area (Å²) in [6.07, 6.45) is 6.98. The minimum Gasteiger partial charge on any atom is -0.433 e. The van der Waals surface area contributed by atoms with E-state index < -0.39 is 22.7 Å². The highest BCUT2D eigenvalue weighted by Crippen LogP contribution is 2.50. The van der Waals surface area contributed by atoms with Crippen molar-refractivity contribution in [2.45, 2.75) is 63.5 Å². The van der Waals surface area contributed by atoms with Crippen molar-refractivity contribution in [1.29, 1.82) is 0 Å². The third-order valence-corrected chi connectivity index (χ3v) is 10.4. The first-order valence-corrected chi connectivity index (χ1v) is 15.2. The number of rotatable bonds is 7. The van der Waals surface area contributed by atoms with Gasteiger partial charge in [-0.15, -0.1) is 10.2 Å². The molecule has 2 unspecified atom stereocenters. The monoisotopic (exact) mass is 566 g/mol. The van der Waals surface area contributed by atoms with Gasteiger partial charge in [-0.3, -0.25) is 18.9 Å². The molecule has 4 heterocycles. The van der Waals surface area contributed by atoms with Crippen molar-refractivity contribution in [2.75, 3.05) is 11.5 Å². The Balaban J connectivity index is 1.32. The molecule has 3 aliphatic rings. The zero-order valence-corrected chi connectivity index (χ0v) is 22.3. The highest BCUT2D eigenvalue weighted by Gasteiger charge is 2.41.